The molecular weight excluding hydrogens is 502 g/mol. The van der Waals surface area contributed by atoms with Gasteiger partial charge in [0.1, 0.15) is 17.3 Å². The molecule has 0 spiro atoms. The van der Waals surface area contributed by atoms with E-state index in [4.69, 9.17) is 9.47 Å². The van der Waals surface area contributed by atoms with Crippen molar-refractivity contribution < 1.29 is 23.0 Å². The maximum Gasteiger partial charge on any atom is 0.200 e. The molecule has 3 aromatic carbocycles. The van der Waals surface area contributed by atoms with Crippen molar-refractivity contribution in [2.75, 3.05) is 7.11 Å². The molecule has 39 heavy (non-hydrogen) atoms. The molecule has 0 aliphatic carbocycles. The standard InChI is InChI=1S/C31H24F2N2O4/c1-17-29(20-5-7-21(32)8-6-20)31(37)30(18(2)35-17)26(36)15-19-4-11-28(24(33)14-19)39-27-12-13-34-25-10-9-22(38-3)16-23(25)27/h4-14,16H,15H2,1-3H3,(H,35,37). The van der Waals surface area contributed by atoms with E-state index in [-0.39, 0.29) is 17.7 Å². The average Bonchev–Trinajstić information content (AvgIpc) is 2.91. The molecule has 0 unspecified atom stereocenters. The van der Waals surface area contributed by atoms with Crippen LogP contribution in [0.4, 0.5) is 8.78 Å². The Morgan fingerprint density at radius 1 is 0.923 bits per heavy atom. The average molecular weight is 527 g/mol. The minimum Gasteiger partial charge on any atom is -0.497 e. The first-order valence-corrected chi connectivity index (χ1v) is 12.2. The van der Waals surface area contributed by atoms with Crippen LogP contribution in [0, 0.1) is 25.5 Å². The van der Waals surface area contributed by atoms with Crippen molar-refractivity contribution in [1.29, 1.82) is 0 Å². The van der Waals surface area contributed by atoms with Crippen LogP contribution in [0.2, 0.25) is 0 Å². The summed E-state index contributed by atoms with van der Waals surface area (Å²) >= 11 is 0. The number of halogens is 2. The van der Waals surface area contributed by atoms with Crippen molar-refractivity contribution in [3.8, 4) is 28.4 Å². The number of aromatic amines is 1. The van der Waals surface area contributed by atoms with Gasteiger partial charge in [0.05, 0.1) is 18.2 Å². The predicted molar refractivity (Wildman–Crippen MR) is 145 cm³/mol. The number of carbonyl (C=O) groups excluding carboxylic acids is 1. The van der Waals surface area contributed by atoms with Crippen LogP contribution < -0.4 is 14.9 Å². The smallest absolute Gasteiger partial charge is 0.200 e. The predicted octanol–water partition coefficient (Wildman–Crippen LogP) is 6.71. The number of ketones is 1. The molecule has 0 atom stereocenters. The number of Topliss-reactive ketones (excluding diaryl/α,β-unsaturated/α-hetero) is 1. The van der Waals surface area contributed by atoms with Crippen LogP contribution in [-0.2, 0) is 6.42 Å². The van der Waals surface area contributed by atoms with Crippen LogP contribution in [0.25, 0.3) is 22.0 Å². The zero-order valence-electron chi connectivity index (χ0n) is 21.5. The molecule has 196 valence electrons. The van der Waals surface area contributed by atoms with Gasteiger partial charge in [-0.2, -0.15) is 0 Å². The molecule has 0 saturated carbocycles. The number of hydrogen-bond acceptors (Lipinski definition) is 5. The Bertz CT molecular complexity index is 1780. The number of methoxy groups -OCH3 is 1. The summed E-state index contributed by atoms with van der Waals surface area (Å²) in [5.74, 6) is -0.561. The van der Waals surface area contributed by atoms with Crippen molar-refractivity contribution in [2.24, 2.45) is 0 Å². The molecule has 5 rings (SSSR count). The van der Waals surface area contributed by atoms with Crippen LogP contribution >= 0.6 is 0 Å². The SMILES string of the molecule is COc1ccc2nccc(Oc3ccc(CC(=O)c4c(C)[nH]c(C)c(-c5ccc(F)cc5)c4=O)cc3F)c2c1. The van der Waals surface area contributed by atoms with E-state index in [1.165, 1.54) is 36.4 Å². The summed E-state index contributed by atoms with van der Waals surface area (Å²) in [6.45, 7) is 3.36. The number of pyridine rings is 2. The van der Waals surface area contributed by atoms with E-state index in [1.807, 2.05) is 0 Å². The lowest BCUT2D eigenvalue weighted by molar-refractivity contribution is 0.0991. The van der Waals surface area contributed by atoms with Gasteiger partial charge in [0.2, 0.25) is 5.43 Å². The summed E-state index contributed by atoms with van der Waals surface area (Å²) in [6, 6.07) is 16.7. The van der Waals surface area contributed by atoms with Gasteiger partial charge in [-0.05, 0) is 73.5 Å². The van der Waals surface area contributed by atoms with Crippen LogP contribution in [0.5, 0.6) is 17.2 Å². The molecule has 0 bridgehead atoms. The number of aryl methyl sites for hydroxylation is 2. The fourth-order valence-corrected chi connectivity index (χ4v) is 4.62. The number of ether oxygens (including phenoxy) is 2. The fraction of sp³-hybridized carbons (Fsp3) is 0.129. The number of H-pyrrole nitrogens is 1. The largest absolute Gasteiger partial charge is 0.497 e. The van der Waals surface area contributed by atoms with Crippen molar-refractivity contribution in [3.05, 3.63) is 117 Å². The molecule has 2 heterocycles. The summed E-state index contributed by atoms with van der Waals surface area (Å²) in [7, 11) is 1.55. The molecule has 0 fully saturated rings. The van der Waals surface area contributed by atoms with Gasteiger partial charge >= 0.3 is 0 Å². The minimum atomic E-state index is -0.658. The van der Waals surface area contributed by atoms with Gasteiger partial charge in [0, 0.05) is 35.0 Å². The highest BCUT2D eigenvalue weighted by atomic mass is 19.1. The lowest BCUT2D eigenvalue weighted by Gasteiger charge is -2.13. The van der Waals surface area contributed by atoms with Gasteiger partial charge in [0.25, 0.3) is 0 Å². The van der Waals surface area contributed by atoms with E-state index in [0.717, 1.165) is 0 Å². The molecule has 6 nitrogen and oxygen atoms in total. The second kappa shape index (κ2) is 10.5. The Morgan fingerprint density at radius 2 is 1.69 bits per heavy atom. The Balaban J connectivity index is 1.42. The zero-order valence-corrected chi connectivity index (χ0v) is 21.5. The Kier molecular flexibility index (Phi) is 6.94. The normalized spacial score (nSPS) is 11.0. The number of hydrogen-bond donors (Lipinski definition) is 1. The maximum atomic E-state index is 15.1. The van der Waals surface area contributed by atoms with E-state index in [0.29, 0.717) is 50.5 Å². The molecule has 1 N–H and O–H groups in total. The molecular formula is C31H24F2N2O4. The third kappa shape index (κ3) is 5.13. The number of rotatable bonds is 7. The fourth-order valence-electron chi connectivity index (χ4n) is 4.62. The second-order valence-corrected chi connectivity index (χ2v) is 9.12. The van der Waals surface area contributed by atoms with Gasteiger partial charge in [-0.15, -0.1) is 0 Å². The minimum absolute atomic E-state index is 0.0159. The third-order valence-corrected chi connectivity index (χ3v) is 6.48. The molecule has 0 aliphatic rings. The van der Waals surface area contributed by atoms with Gasteiger partial charge in [0.15, 0.2) is 17.3 Å². The third-order valence-electron chi connectivity index (χ3n) is 6.48. The Morgan fingerprint density at radius 3 is 2.41 bits per heavy atom. The summed E-state index contributed by atoms with van der Waals surface area (Å²) in [5.41, 5.74) is 2.34. The number of benzene rings is 3. The highest BCUT2D eigenvalue weighted by Crippen LogP contribution is 2.33. The summed E-state index contributed by atoms with van der Waals surface area (Å²) in [6.07, 6.45) is 1.37. The Hall–Kier alpha value is -4.85. The van der Waals surface area contributed by atoms with Crippen LogP contribution in [0.15, 0.2) is 77.7 Å². The van der Waals surface area contributed by atoms with Crippen molar-refractivity contribution in [1.82, 2.24) is 9.97 Å². The zero-order chi connectivity index (χ0) is 27.7. The van der Waals surface area contributed by atoms with Crippen molar-refractivity contribution in [2.45, 2.75) is 20.3 Å². The van der Waals surface area contributed by atoms with Crippen LogP contribution in [0.1, 0.15) is 27.3 Å². The first-order valence-electron chi connectivity index (χ1n) is 12.2. The summed E-state index contributed by atoms with van der Waals surface area (Å²) in [5, 5.41) is 0.654. The molecule has 0 radical (unpaired) electrons. The maximum absolute atomic E-state index is 15.1. The van der Waals surface area contributed by atoms with E-state index in [2.05, 4.69) is 9.97 Å². The number of carbonyl (C=O) groups is 1. The molecule has 0 amide bonds. The van der Waals surface area contributed by atoms with Crippen LogP contribution in [0.3, 0.4) is 0 Å². The second-order valence-electron chi connectivity index (χ2n) is 9.12. The number of fused-ring (bicyclic) bond motifs is 1. The van der Waals surface area contributed by atoms with E-state index < -0.39 is 22.8 Å². The molecule has 0 saturated heterocycles. The van der Waals surface area contributed by atoms with E-state index >= 15 is 4.39 Å². The van der Waals surface area contributed by atoms with Gasteiger partial charge in [-0.3, -0.25) is 14.6 Å². The lowest BCUT2D eigenvalue weighted by atomic mass is 9.95. The number of nitrogens with one attached hydrogen (secondary N) is 1. The van der Waals surface area contributed by atoms with Gasteiger partial charge in [-0.25, -0.2) is 8.78 Å². The van der Waals surface area contributed by atoms with Crippen molar-refractivity contribution >= 4 is 16.7 Å². The highest BCUT2D eigenvalue weighted by Gasteiger charge is 2.21. The molecule has 8 heteroatoms. The quantitative estimate of drug-likeness (QED) is 0.238. The first kappa shape index (κ1) is 25.8. The lowest BCUT2D eigenvalue weighted by Crippen LogP contribution is -2.22. The van der Waals surface area contributed by atoms with E-state index in [9.17, 15) is 14.0 Å². The first-order chi connectivity index (χ1) is 18.7. The van der Waals surface area contributed by atoms with Gasteiger partial charge in [-0.1, -0.05) is 18.2 Å². The molecule has 2 aromatic heterocycles. The number of nitrogens with zero attached hydrogens (tertiary/aromatic N) is 1. The molecule has 0 aliphatic heterocycles. The van der Waals surface area contributed by atoms with Crippen molar-refractivity contribution in [3.63, 3.8) is 0 Å². The Labute approximate surface area is 222 Å². The van der Waals surface area contributed by atoms with E-state index in [1.54, 1.807) is 57.5 Å². The topological polar surface area (TPSA) is 81.3 Å². The summed E-state index contributed by atoms with van der Waals surface area (Å²) in [4.78, 5) is 34.0. The highest BCUT2D eigenvalue weighted by molar-refractivity contribution is 5.99. The molecule has 5 aromatic rings. The monoisotopic (exact) mass is 526 g/mol. The number of aromatic nitrogens is 2. The van der Waals surface area contributed by atoms with Crippen LogP contribution in [-0.4, -0.2) is 22.9 Å². The van der Waals surface area contributed by atoms with Gasteiger partial charge < -0.3 is 14.5 Å². The summed E-state index contributed by atoms with van der Waals surface area (Å²) < 4.78 is 39.6.